The Bertz CT molecular complexity index is 982. The number of ether oxygens (including phenoxy) is 1. The minimum atomic E-state index is -3.74. The van der Waals surface area contributed by atoms with Gasteiger partial charge in [0.25, 0.3) is 0 Å². The van der Waals surface area contributed by atoms with Crippen molar-refractivity contribution in [1.82, 2.24) is 0 Å². The predicted octanol–water partition coefficient (Wildman–Crippen LogP) is 3.36. The molecule has 1 heterocycles. The summed E-state index contributed by atoms with van der Waals surface area (Å²) in [5, 5.41) is 0.526. The highest BCUT2D eigenvalue weighted by Gasteiger charge is 2.23. The van der Waals surface area contributed by atoms with E-state index in [0.717, 1.165) is 5.56 Å². The molecular formula is C17H14O5S. The van der Waals surface area contributed by atoms with Gasteiger partial charge >= 0.3 is 5.97 Å². The number of furan rings is 1. The molecule has 0 atom stereocenters. The molecule has 0 bridgehead atoms. The van der Waals surface area contributed by atoms with Crippen LogP contribution in [-0.2, 0) is 14.6 Å². The van der Waals surface area contributed by atoms with Crippen LogP contribution in [0.4, 0.5) is 0 Å². The minimum Gasteiger partial charge on any atom is -0.465 e. The fraction of sp³-hybridized carbons (Fsp3) is 0.118. The smallest absolute Gasteiger partial charge is 0.341 e. The highest BCUT2D eigenvalue weighted by atomic mass is 32.2. The largest absolute Gasteiger partial charge is 0.465 e. The Morgan fingerprint density at radius 3 is 2.39 bits per heavy atom. The number of carbonyl (C=O) groups is 1. The van der Waals surface area contributed by atoms with Gasteiger partial charge in [0.2, 0.25) is 9.84 Å². The van der Waals surface area contributed by atoms with Gasteiger partial charge in [0, 0.05) is 5.39 Å². The molecule has 0 aliphatic heterocycles. The van der Waals surface area contributed by atoms with E-state index in [1.807, 2.05) is 6.92 Å². The van der Waals surface area contributed by atoms with Crippen molar-refractivity contribution in [2.45, 2.75) is 16.7 Å². The van der Waals surface area contributed by atoms with Crippen molar-refractivity contribution < 1.29 is 22.4 Å². The van der Waals surface area contributed by atoms with Gasteiger partial charge in [-0.2, -0.15) is 0 Å². The normalized spacial score (nSPS) is 11.6. The third-order valence-corrected chi connectivity index (χ3v) is 5.32. The molecule has 0 aliphatic carbocycles. The Kier molecular flexibility index (Phi) is 3.69. The molecular weight excluding hydrogens is 316 g/mol. The molecule has 0 saturated heterocycles. The van der Waals surface area contributed by atoms with Gasteiger partial charge in [-0.05, 0) is 37.3 Å². The van der Waals surface area contributed by atoms with Crippen molar-refractivity contribution in [3.8, 4) is 0 Å². The van der Waals surface area contributed by atoms with Crippen LogP contribution >= 0.6 is 0 Å². The topological polar surface area (TPSA) is 73.6 Å². The lowest BCUT2D eigenvalue weighted by atomic mass is 10.1. The number of hydrogen-bond acceptors (Lipinski definition) is 5. The average molecular weight is 330 g/mol. The predicted molar refractivity (Wildman–Crippen MR) is 84.2 cm³/mol. The number of fused-ring (bicyclic) bond motifs is 1. The van der Waals surface area contributed by atoms with Gasteiger partial charge in [-0.25, -0.2) is 13.2 Å². The average Bonchev–Trinajstić information content (AvgIpc) is 3.02. The number of methoxy groups -OCH3 is 1. The van der Waals surface area contributed by atoms with Crippen molar-refractivity contribution in [2.75, 3.05) is 7.11 Å². The van der Waals surface area contributed by atoms with E-state index < -0.39 is 15.8 Å². The Balaban J connectivity index is 2.23. The summed E-state index contributed by atoms with van der Waals surface area (Å²) in [6, 6.07) is 10.9. The summed E-state index contributed by atoms with van der Waals surface area (Å²) in [6.45, 7) is 1.88. The number of rotatable bonds is 3. The van der Waals surface area contributed by atoms with E-state index >= 15 is 0 Å². The third kappa shape index (κ3) is 2.61. The highest BCUT2D eigenvalue weighted by molar-refractivity contribution is 7.91. The van der Waals surface area contributed by atoms with E-state index in [1.54, 1.807) is 30.3 Å². The van der Waals surface area contributed by atoms with Crippen LogP contribution in [0.25, 0.3) is 11.0 Å². The molecule has 3 rings (SSSR count). The van der Waals surface area contributed by atoms with Crippen LogP contribution < -0.4 is 0 Å². The van der Waals surface area contributed by atoms with E-state index in [-0.39, 0.29) is 15.4 Å². The molecule has 2 aromatic carbocycles. The van der Waals surface area contributed by atoms with Crippen molar-refractivity contribution in [3.05, 3.63) is 59.9 Å². The number of benzene rings is 2. The molecule has 6 heteroatoms. The summed E-state index contributed by atoms with van der Waals surface area (Å²) >= 11 is 0. The zero-order valence-electron chi connectivity index (χ0n) is 12.6. The lowest BCUT2D eigenvalue weighted by molar-refractivity contribution is 0.0601. The fourth-order valence-corrected chi connectivity index (χ4v) is 3.65. The second-order valence-corrected chi connectivity index (χ2v) is 7.07. The van der Waals surface area contributed by atoms with Gasteiger partial charge in [-0.15, -0.1) is 0 Å². The molecule has 3 aromatic rings. The van der Waals surface area contributed by atoms with Crippen molar-refractivity contribution in [3.63, 3.8) is 0 Å². The Labute approximate surface area is 133 Å². The van der Waals surface area contributed by atoms with Crippen LogP contribution in [0, 0.1) is 6.92 Å². The first-order valence-electron chi connectivity index (χ1n) is 6.85. The fourth-order valence-electron chi connectivity index (χ4n) is 2.32. The number of carbonyl (C=O) groups excluding carboxylic acids is 1. The second-order valence-electron chi connectivity index (χ2n) is 5.12. The van der Waals surface area contributed by atoms with E-state index in [9.17, 15) is 13.2 Å². The first-order chi connectivity index (χ1) is 10.9. The quantitative estimate of drug-likeness (QED) is 0.688. The summed E-state index contributed by atoms with van der Waals surface area (Å²) in [4.78, 5) is 12.1. The van der Waals surface area contributed by atoms with E-state index in [2.05, 4.69) is 0 Å². The minimum absolute atomic E-state index is 0.0238. The molecule has 0 fully saturated rings. The Morgan fingerprint density at radius 1 is 1.04 bits per heavy atom. The Morgan fingerprint density at radius 2 is 1.74 bits per heavy atom. The molecule has 0 radical (unpaired) electrons. The number of aryl methyl sites for hydroxylation is 1. The molecule has 0 saturated carbocycles. The maximum atomic E-state index is 12.8. The highest BCUT2D eigenvalue weighted by Crippen LogP contribution is 2.29. The zero-order chi connectivity index (χ0) is 16.6. The van der Waals surface area contributed by atoms with E-state index in [1.165, 1.54) is 25.5 Å². The van der Waals surface area contributed by atoms with E-state index in [0.29, 0.717) is 11.0 Å². The van der Waals surface area contributed by atoms with Crippen molar-refractivity contribution >= 4 is 26.8 Å². The van der Waals surface area contributed by atoms with E-state index in [4.69, 9.17) is 9.15 Å². The lowest BCUT2D eigenvalue weighted by Gasteiger charge is -2.08. The number of hydrogen-bond donors (Lipinski definition) is 0. The molecule has 23 heavy (non-hydrogen) atoms. The van der Waals surface area contributed by atoms with Crippen LogP contribution in [0.3, 0.4) is 0 Å². The van der Waals surface area contributed by atoms with Crippen LogP contribution in [0.2, 0.25) is 0 Å². The lowest BCUT2D eigenvalue weighted by Crippen LogP contribution is -2.06. The summed E-state index contributed by atoms with van der Waals surface area (Å²) in [7, 11) is -2.50. The summed E-state index contributed by atoms with van der Waals surface area (Å²) in [5.74, 6) is -0.647. The first kappa shape index (κ1) is 15.3. The molecule has 0 spiro atoms. The zero-order valence-corrected chi connectivity index (χ0v) is 13.4. The molecule has 0 unspecified atom stereocenters. The van der Waals surface area contributed by atoms with Crippen LogP contribution in [0.1, 0.15) is 15.9 Å². The van der Waals surface area contributed by atoms with Gasteiger partial charge in [0.1, 0.15) is 11.1 Å². The van der Waals surface area contributed by atoms with Gasteiger partial charge in [0.15, 0.2) is 0 Å². The summed E-state index contributed by atoms with van der Waals surface area (Å²) in [6.07, 6.45) is 1.40. The number of sulfone groups is 1. The molecule has 1 aromatic heterocycles. The first-order valence-corrected chi connectivity index (χ1v) is 8.33. The van der Waals surface area contributed by atoms with Crippen LogP contribution in [0.5, 0.6) is 0 Å². The van der Waals surface area contributed by atoms with Gasteiger partial charge in [-0.3, -0.25) is 0 Å². The van der Waals surface area contributed by atoms with Gasteiger partial charge in [-0.1, -0.05) is 17.7 Å². The van der Waals surface area contributed by atoms with Crippen LogP contribution in [0.15, 0.2) is 62.9 Å². The standard InChI is InChI=1S/C17H14O5S/c1-11-3-5-13(6-4-11)23(19,20)14-9-12-7-8-22-16(12)15(10-14)17(18)21-2/h3-10H,1-2H3. The number of esters is 1. The Hall–Kier alpha value is -2.60. The molecule has 5 nitrogen and oxygen atoms in total. The van der Waals surface area contributed by atoms with Crippen LogP contribution in [-0.4, -0.2) is 21.5 Å². The van der Waals surface area contributed by atoms with Gasteiger partial charge < -0.3 is 9.15 Å². The van der Waals surface area contributed by atoms with Crippen molar-refractivity contribution in [2.24, 2.45) is 0 Å². The summed E-state index contributed by atoms with van der Waals surface area (Å²) in [5.41, 5.74) is 1.35. The maximum absolute atomic E-state index is 12.8. The second kappa shape index (κ2) is 5.55. The SMILES string of the molecule is COC(=O)c1cc(S(=O)(=O)c2ccc(C)cc2)cc2ccoc12. The van der Waals surface area contributed by atoms with Gasteiger partial charge in [0.05, 0.1) is 23.2 Å². The molecule has 0 N–H and O–H groups in total. The van der Waals surface area contributed by atoms with Crippen molar-refractivity contribution in [1.29, 1.82) is 0 Å². The molecule has 0 amide bonds. The monoisotopic (exact) mass is 330 g/mol. The molecule has 118 valence electrons. The molecule has 0 aliphatic rings. The maximum Gasteiger partial charge on any atom is 0.341 e. The third-order valence-electron chi connectivity index (χ3n) is 3.57. The summed E-state index contributed by atoms with van der Waals surface area (Å²) < 4.78 is 35.6.